The quantitative estimate of drug-likeness (QED) is 0.196. The summed E-state index contributed by atoms with van der Waals surface area (Å²) in [5, 5.41) is 3.91. The predicted octanol–water partition coefficient (Wildman–Crippen LogP) is 7.95. The molecule has 42 heavy (non-hydrogen) atoms. The summed E-state index contributed by atoms with van der Waals surface area (Å²) in [6.45, 7) is 0.254. The van der Waals surface area contributed by atoms with Gasteiger partial charge in [0.25, 0.3) is 0 Å². The van der Waals surface area contributed by atoms with E-state index < -0.39 is 6.04 Å². The van der Waals surface area contributed by atoms with Gasteiger partial charge in [-0.15, -0.1) is 0 Å². The average Bonchev–Trinajstić information content (AvgIpc) is 3.04. The molecule has 5 rings (SSSR count). The van der Waals surface area contributed by atoms with Crippen molar-refractivity contribution in [2.24, 2.45) is 0 Å². The van der Waals surface area contributed by atoms with Crippen molar-refractivity contribution < 1.29 is 9.59 Å². The van der Waals surface area contributed by atoms with Crippen molar-refractivity contribution in [1.29, 1.82) is 0 Å². The first-order valence-electron chi connectivity index (χ1n) is 15.1. The molecule has 0 saturated heterocycles. The molecular formula is C37H39ClN2O2. The van der Waals surface area contributed by atoms with Gasteiger partial charge in [0.05, 0.1) is 0 Å². The first-order chi connectivity index (χ1) is 20.6. The summed E-state index contributed by atoms with van der Waals surface area (Å²) in [6, 6.07) is 37.3. The van der Waals surface area contributed by atoms with Crippen LogP contribution < -0.4 is 5.32 Å². The molecule has 1 saturated carbocycles. The van der Waals surface area contributed by atoms with Crippen LogP contribution in [0.2, 0.25) is 5.02 Å². The lowest BCUT2D eigenvalue weighted by molar-refractivity contribution is -0.141. The van der Waals surface area contributed by atoms with Crippen LogP contribution in [0.25, 0.3) is 0 Å². The largest absolute Gasteiger partial charge is 0.352 e. The van der Waals surface area contributed by atoms with Crippen molar-refractivity contribution in [2.45, 2.75) is 69.5 Å². The normalized spacial score (nSPS) is 14.3. The van der Waals surface area contributed by atoms with Crippen LogP contribution in [0.1, 0.15) is 66.7 Å². The maximum Gasteiger partial charge on any atom is 0.243 e. The van der Waals surface area contributed by atoms with E-state index in [9.17, 15) is 9.59 Å². The second kappa shape index (κ2) is 14.8. The highest BCUT2D eigenvalue weighted by molar-refractivity contribution is 6.31. The molecule has 1 aliphatic carbocycles. The van der Waals surface area contributed by atoms with Crippen molar-refractivity contribution >= 4 is 23.4 Å². The third-order valence-corrected chi connectivity index (χ3v) is 8.67. The molecule has 0 spiro atoms. The number of nitrogens with one attached hydrogen (secondary N) is 1. The fraction of sp³-hybridized carbons (Fsp3) is 0.297. The lowest BCUT2D eigenvalue weighted by atomic mass is 9.87. The third kappa shape index (κ3) is 7.89. The molecule has 5 heteroatoms. The van der Waals surface area contributed by atoms with E-state index in [2.05, 4.69) is 29.6 Å². The molecule has 4 nitrogen and oxygen atoms in total. The van der Waals surface area contributed by atoms with Gasteiger partial charge >= 0.3 is 0 Å². The molecule has 0 radical (unpaired) electrons. The standard InChI is InChI=1S/C37H39ClN2O2/c38-34-24-14-13-21-31(34)27-40(36(41)26-33(29-17-7-2-8-18-29)30-19-9-3-10-20-30)35(25-28-15-5-1-6-16-28)37(42)39-32-22-11-4-12-23-32/h1-3,5-10,13-21,24,32-33,35H,4,11-12,22-23,25-27H2,(H,39,42)/t35-/m1/s1. The van der Waals surface area contributed by atoms with Gasteiger partial charge in [-0.05, 0) is 41.2 Å². The highest BCUT2D eigenvalue weighted by Gasteiger charge is 2.33. The molecule has 0 bridgehead atoms. The summed E-state index contributed by atoms with van der Waals surface area (Å²) in [5.74, 6) is -0.318. The Labute approximate surface area is 254 Å². The van der Waals surface area contributed by atoms with Crippen LogP contribution in [-0.4, -0.2) is 28.8 Å². The SMILES string of the molecule is O=C(NC1CCCCC1)[C@@H](Cc1ccccc1)N(Cc1ccccc1Cl)C(=O)CC(c1ccccc1)c1ccccc1. The smallest absolute Gasteiger partial charge is 0.243 e. The van der Waals surface area contributed by atoms with E-state index in [1.54, 1.807) is 4.90 Å². The van der Waals surface area contributed by atoms with Gasteiger partial charge in [-0.2, -0.15) is 0 Å². The first-order valence-corrected chi connectivity index (χ1v) is 15.4. The van der Waals surface area contributed by atoms with Crippen LogP contribution in [0, 0.1) is 0 Å². The van der Waals surface area contributed by atoms with E-state index in [4.69, 9.17) is 11.6 Å². The van der Waals surface area contributed by atoms with Gasteiger partial charge in [-0.3, -0.25) is 9.59 Å². The summed E-state index contributed by atoms with van der Waals surface area (Å²) in [7, 11) is 0. The summed E-state index contributed by atoms with van der Waals surface area (Å²) < 4.78 is 0. The Bertz CT molecular complexity index is 1380. The van der Waals surface area contributed by atoms with Crippen molar-refractivity contribution in [2.75, 3.05) is 0 Å². The minimum Gasteiger partial charge on any atom is -0.352 e. The van der Waals surface area contributed by atoms with E-state index >= 15 is 0 Å². The fourth-order valence-corrected chi connectivity index (χ4v) is 6.19. The summed E-state index contributed by atoms with van der Waals surface area (Å²) in [5.41, 5.74) is 3.98. The number of hydrogen-bond donors (Lipinski definition) is 1. The van der Waals surface area contributed by atoms with Gasteiger partial charge in [0.1, 0.15) is 6.04 Å². The first kappa shape index (κ1) is 29.6. The van der Waals surface area contributed by atoms with Gasteiger partial charge in [0.2, 0.25) is 11.8 Å². The van der Waals surface area contributed by atoms with E-state index in [1.807, 2.05) is 91.0 Å². The molecule has 1 atom stereocenters. The molecule has 216 valence electrons. The predicted molar refractivity (Wildman–Crippen MR) is 170 cm³/mol. The third-order valence-electron chi connectivity index (χ3n) is 8.30. The van der Waals surface area contributed by atoms with Gasteiger partial charge < -0.3 is 10.2 Å². The highest BCUT2D eigenvalue weighted by Crippen LogP contribution is 2.30. The average molecular weight is 579 g/mol. The maximum atomic E-state index is 14.5. The van der Waals surface area contributed by atoms with Crippen molar-refractivity contribution in [3.63, 3.8) is 0 Å². The number of benzene rings is 4. The molecular weight excluding hydrogens is 540 g/mol. The molecule has 2 amide bonds. The lowest BCUT2D eigenvalue weighted by Crippen LogP contribution is -2.53. The molecule has 1 aliphatic rings. The molecule has 0 aliphatic heterocycles. The lowest BCUT2D eigenvalue weighted by Gasteiger charge is -2.34. The van der Waals surface area contributed by atoms with Gasteiger partial charge in [0.15, 0.2) is 0 Å². The van der Waals surface area contributed by atoms with E-state index in [0.717, 1.165) is 47.9 Å². The summed E-state index contributed by atoms with van der Waals surface area (Å²) >= 11 is 6.63. The molecule has 0 unspecified atom stereocenters. The second-order valence-electron chi connectivity index (χ2n) is 11.2. The number of carbonyl (C=O) groups is 2. The Morgan fingerprint density at radius 1 is 0.738 bits per heavy atom. The minimum atomic E-state index is -0.676. The van der Waals surface area contributed by atoms with E-state index in [1.165, 1.54) is 6.42 Å². The Hall–Kier alpha value is -3.89. The Morgan fingerprint density at radius 2 is 1.29 bits per heavy atom. The zero-order valence-electron chi connectivity index (χ0n) is 24.0. The number of hydrogen-bond acceptors (Lipinski definition) is 2. The molecule has 1 N–H and O–H groups in total. The highest BCUT2D eigenvalue weighted by atomic mass is 35.5. The van der Waals surface area contributed by atoms with Gasteiger partial charge in [0, 0.05) is 36.4 Å². The Morgan fingerprint density at radius 3 is 1.88 bits per heavy atom. The number of amides is 2. The number of halogens is 1. The van der Waals surface area contributed by atoms with Crippen LogP contribution in [0.15, 0.2) is 115 Å². The number of nitrogens with zero attached hydrogens (tertiary/aromatic N) is 1. The summed E-state index contributed by atoms with van der Waals surface area (Å²) in [6.07, 6.45) is 6.06. The maximum absolute atomic E-state index is 14.5. The second-order valence-corrected chi connectivity index (χ2v) is 11.6. The molecule has 4 aromatic carbocycles. The fourth-order valence-electron chi connectivity index (χ4n) is 6.00. The Kier molecular flexibility index (Phi) is 10.5. The van der Waals surface area contributed by atoms with Gasteiger partial charge in [-0.25, -0.2) is 0 Å². The Balaban J connectivity index is 1.51. The zero-order chi connectivity index (χ0) is 29.1. The van der Waals surface area contributed by atoms with Crippen LogP contribution in [-0.2, 0) is 22.6 Å². The topological polar surface area (TPSA) is 49.4 Å². The van der Waals surface area contributed by atoms with Crippen LogP contribution in [0.5, 0.6) is 0 Å². The molecule has 0 aromatic heterocycles. The van der Waals surface area contributed by atoms with E-state index in [0.29, 0.717) is 11.4 Å². The zero-order valence-corrected chi connectivity index (χ0v) is 24.8. The number of rotatable bonds is 11. The van der Waals surface area contributed by atoms with Crippen LogP contribution in [0.4, 0.5) is 0 Å². The van der Waals surface area contributed by atoms with Crippen molar-refractivity contribution in [1.82, 2.24) is 10.2 Å². The minimum absolute atomic E-state index is 0.0765. The monoisotopic (exact) mass is 578 g/mol. The van der Waals surface area contributed by atoms with Crippen molar-refractivity contribution in [3.8, 4) is 0 Å². The van der Waals surface area contributed by atoms with Crippen molar-refractivity contribution in [3.05, 3.63) is 143 Å². The van der Waals surface area contributed by atoms with E-state index in [-0.39, 0.29) is 36.7 Å². The number of carbonyl (C=O) groups excluding carboxylic acids is 2. The van der Waals surface area contributed by atoms with Crippen LogP contribution in [0.3, 0.4) is 0 Å². The molecule has 0 heterocycles. The molecule has 4 aromatic rings. The molecule has 1 fully saturated rings. The summed E-state index contributed by atoms with van der Waals surface area (Å²) in [4.78, 5) is 30.4. The van der Waals surface area contributed by atoms with Gasteiger partial charge in [-0.1, -0.05) is 140 Å². The van der Waals surface area contributed by atoms with Crippen LogP contribution >= 0.6 is 11.6 Å².